The molecule has 0 atom stereocenters. The van der Waals surface area contributed by atoms with Crippen molar-refractivity contribution in [1.29, 1.82) is 0 Å². The fraction of sp³-hybridized carbons (Fsp3) is 0.385. The lowest BCUT2D eigenvalue weighted by Crippen LogP contribution is -2.36. The van der Waals surface area contributed by atoms with Gasteiger partial charge in [0.05, 0.1) is 6.61 Å². The Hall–Kier alpha value is -2.04. The van der Waals surface area contributed by atoms with Gasteiger partial charge in [0, 0.05) is 6.54 Å². The highest BCUT2D eigenvalue weighted by atomic mass is 16.5. The fourth-order valence-electron chi connectivity index (χ4n) is 1.42. The lowest BCUT2D eigenvalue weighted by molar-refractivity contribution is -0.120. The van der Waals surface area contributed by atoms with Crippen LogP contribution in [0.1, 0.15) is 18.1 Å². The average Bonchev–Trinajstić information content (AvgIpc) is 2.34. The second-order valence-corrected chi connectivity index (χ2v) is 3.84. The van der Waals surface area contributed by atoms with Crippen molar-refractivity contribution in [3.8, 4) is 0 Å². The van der Waals surface area contributed by atoms with E-state index in [1.165, 1.54) is 0 Å². The van der Waals surface area contributed by atoms with E-state index in [4.69, 9.17) is 0 Å². The first kappa shape index (κ1) is 14.0. The number of benzene rings is 1. The van der Waals surface area contributed by atoms with E-state index in [9.17, 15) is 9.59 Å². The molecule has 0 radical (unpaired) electrons. The summed E-state index contributed by atoms with van der Waals surface area (Å²) in [5.74, 6) is -0.246. The van der Waals surface area contributed by atoms with Crippen LogP contribution in [0.2, 0.25) is 0 Å². The van der Waals surface area contributed by atoms with Crippen molar-refractivity contribution in [1.82, 2.24) is 10.6 Å². The van der Waals surface area contributed by atoms with Gasteiger partial charge < -0.3 is 15.4 Å². The predicted molar refractivity (Wildman–Crippen MR) is 68.1 cm³/mol. The van der Waals surface area contributed by atoms with E-state index in [2.05, 4.69) is 15.4 Å². The molecule has 0 unspecified atom stereocenters. The van der Waals surface area contributed by atoms with Crippen molar-refractivity contribution in [2.75, 3.05) is 13.2 Å². The average molecular weight is 250 g/mol. The first-order chi connectivity index (χ1) is 8.61. The van der Waals surface area contributed by atoms with Crippen molar-refractivity contribution < 1.29 is 14.3 Å². The van der Waals surface area contributed by atoms with Gasteiger partial charge in [0.15, 0.2) is 0 Å². The molecule has 5 heteroatoms. The Bertz CT molecular complexity index is 418. The van der Waals surface area contributed by atoms with E-state index < -0.39 is 6.09 Å². The zero-order valence-electron chi connectivity index (χ0n) is 10.7. The minimum atomic E-state index is -0.580. The number of aryl methyl sites for hydroxylation is 1. The third kappa shape index (κ3) is 5.34. The summed E-state index contributed by atoms with van der Waals surface area (Å²) in [5.41, 5.74) is 2.17. The molecular weight excluding hydrogens is 232 g/mol. The summed E-state index contributed by atoms with van der Waals surface area (Å²) in [5, 5.41) is 5.07. The Kier molecular flexibility index (Phi) is 5.70. The summed E-state index contributed by atoms with van der Waals surface area (Å²) in [6.07, 6.45) is -0.580. The summed E-state index contributed by atoms with van der Waals surface area (Å²) in [6, 6.07) is 7.87. The molecule has 1 aromatic carbocycles. The molecule has 0 aliphatic carbocycles. The van der Waals surface area contributed by atoms with Crippen LogP contribution in [0.25, 0.3) is 0 Å². The number of carbonyl (C=O) groups is 2. The van der Waals surface area contributed by atoms with Gasteiger partial charge in [0.1, 0.15) is 6.54 Å². The highest BCUT2D eigenvalue weighted by Gasteiger charge is 2.05. The van der Waals surface area contributed by atoms with Crippen LogP contribution in [0, 0.1) is 6.92 Å². The van der Waals surface area contributed by atoms with Gasteiger partial charge in [0.25, 0.3) is 0 Å². The van der Waals surface area contributed by atoms with Gasteiger partial charge in [0.2, 0.25) is 5.91 Å². The van der Waals surface area contributed by atoms with Crippen molar-refractivity contribution in [3.05, 3.63) is 35.4 Å². The minimum absolute atomic E-state index is 0.0787. The Labute approximate surface area is 107 Å². The summed E-state index contributed by atoms with van der Waals surface area (Å²) >= 11 is 0. The standard InChI is InChI=1S/C13H18N2O3/c1-3-18-13(17)15-9-12(16)14-8-11-6-4-5-10(2)7-11/h4-7H,3,8-9H2,1-2H3,(H,14,16)(H,15,17). The van der Waals surface area contributed by atoms with Crippen molar-refractivity contribution in [2.24, 2.45) is 0 Å². The molecule has 2 N–H and O–H groups in total. The summed E-state index contributed by atoms with van der Waals surface area (Å²) in [7, 11) is 0. The number of hydrogen-bond donors (Lipinski definition) is 2. The summed E-state index contributed by atoms with van der Waals surface area (Å²) in [4.78, 5) is 22.4. The molecule has 0 spiro atoms. The van der Waals surface area contributed by atoms with Crippen LogP contribution in [0.5, 0.6) is 0 Å². The monoisotopic (exact) mass is 250 g/mol. The minimum Gasteiger partial charge on any atom is -0.450 e. The maximum absolute atomic E-state index is 11.4. The van der Waals surface area contributed by atoms with E-state index >= 15 is 0 Å². The third-order valence-electron chi connectivity index (χ3n) is 2.24. The lowest BCUT2D eigenvalue weighted by atomic mass is 10.1. The third-order valence-corrected chi connectivity index (χ3v) is 2.24. The maximum atomic E-state index is 11.4. The Morgan fingerprint density at radius 2 is 2.06 bits per heavy atom. The zero-order chi connectivity index (χ0) is 13.4. The van der Waals surface area contributed by atoms with E-state index in [0.717, 1.165) is 11.1 Å². The number of rotatable bonds is 5. The Morgan fingerprint density at radius 1 is 1.28 bits per heavy atom. The molecule has 5 nitrogen and oxygen atoms in total. The molecule has 2 amide bonds. The Balaban J connectivity index is 2.27. The normalized spacial score (nSPS) is 9.67. The second-order valence-electron chi connectivity index (χ2n) is 3.84. The number of ether oxygens (including phenoxy) is 1. The molecule has 0 aliphatic heterocycles. The van der Waals surface area contributed by atoms with Crippen LogP contribution in [0.15, 0.2) is 24.3 Å². The first-order valence-corrected chi connectivity index (χ1v) is 5.84. The molecule has 0 saturated carbocycles. The smallest absolute Gasteiger partial charge is 0.407 e. The molecule has 0 aliphatic rings. The van der Waals surface area contributed by atoms with Gasteiger partial charge in [-0.2, -0.15) is 0 Å². The highest BCUT2D eigenvalue weighted by molar-refractivity contribution is 5.82. The van der Waals surface area contributed by atoms with Crippen molar-refractivity contribution in [3.63, 3.8) is 0 Å². The van der Waals surface area contributed by atoms with Crippen LogP contribution in [-0.2, 0) is 16.1 Å². The van der Waals surface area contributed by atoms with E-state index in [-0.39, 0.29) is 19.1 Å². The van der Waals surface area contributed by atoms with Crippen LogP contribution < -0.4 is 10.6 Å². The molecule has 0 bridgehead atoms. The molecule has 18 heavy (non-hydrogen) atoms. The number of hydrogen-bond acceptors (Lipinski definition) is 3. The largest absolute Gasteiger partial charge is 0.450 e. The second kappa shape index (κ2) is 7.32. The molecule has 0 saturated heterocycles. The van der Waals surface area contributed by atoms with Crippen molar-refractivity contribution in [2.45, 2.75) is 20.4 Å². The highest BCUT2D eigenvalue weighted by Crippen LogP contribution is 2.02. The number of alkyl carbamates (subject to hydrolysis) is 1. The Morgan fingerprint density at radius 3 is 2.72 bits per heavy atom. The van der Waals surface area contributed by atoms with Crippen molar-refractivity contribution >= 4 is 12.0 Å². The van der Waals surface area contributed by atoms with Crippen LogP contribution in [-0.4, -0.2) is 25.2 Å². The van der Waals surface area contributed by atoms with Crippen LogP contribution >= 0.6 is 0 Å². The fourth-order valence-corrected chi connectivity index (χ4v) is 1.42. The first-order valence-electron chi connectivity index (χ1n) is 5.84. The van der Waals surface area contributed by atoms with E-state index in [0.29, 0.717) is 6.54 Å². The van der Waals surface area contributed by atoms with Crippen LogP contribution in [0.3, 0.4) is 0 Å². The van der Waals surface area contributed by atoms with Gasteiger partial charge in [-0.05, 0) is 19.4 Å². The summed E-state index contributed by atoms with van der Waals surface area (Å²) in [6.45, 7) is 4.36. The molecule has 0 fully saturated rings. The van der Waals surface area contributed by atoms with Gasteiger partial charge in [-0.3, -0.25) is 4.79 Å². The molecule has 98 valence electrons. The van der Waals surface area contributed by atoms with Gasteiger partial charge in [-0.1, -0.05) is 29.8 Å². The quantitative estimate of drug-likeness (QED) is 0.829. The SMILES string of the molecule is CCOC(=O)NCC(=O)NCc1cccc(C)c1. The number of nitrogens with one attached hydrogen (secondary N) is 2. The molecular formula is C13H18N2O3. The zero-order valence-corrected chi connectivity index (χ0v) is 10.7. The van der Waals surface area contributed by atoms with E-state index in [1.54, 1.807) is 6.92 Å². The van der Waals surface area contributed by atoms with Gasteiger partial charge in [-0.25, -0.2) is 4.79 Å². The van der Waals surface area contributed by atoms with Crippen LogP contribution in [0.4, 0.5) is 4.79 Å². The summed E-state index contributed by atoms with van der Waals surface area (Å²) < 4.78 is 4.64. The van der Waals surface area contributed by atoms with Gasteiger partial charge in [-0.15, -0.1) is 0 Å². The lowest BCUT2D eigenvalue weighted by Gasteiger charge is -2.07. The molecule has 0 heterocycles. The number of carbonyl (C=O) groups excluding carboxylic acids is 2. The molecule has 1 aromatic rings. The van der Waals surface area contributed by atoms with Gasteiger partial charge >= 0.3 is 6.09 Å². The van der Waals surface area contributed by atoms with E-state index in [1.807, 2.05) is 31.2 Å². The maximum Gasteiger partial charge on any atom is 0.407 e. The topological polar surface area (TPSA) is 67.4 Å². The predicted octanol–water partition coefficient (Wildman–Crippen LogP) is 1.36. The molecule has 1 rings (SSSR count). The number of amides is 2. The molecule has 0 aromatic heterocycles.